The molecule has 1 aromatic rings. The average Bonchev–Trinajstić information content (AvgIpc) is 2.51. The lowest BCUT2D eigenvalue weighted by molar-refractivity contribution is 0.0669. The molecule has 1 saturated heterocycles. The number of benzene rings is 1. The van der Waals surface area contributed by atoms with Crippen LogP contribution in [0.15, 0.2) is 22.7 Å². The van der Waals surface area contributed by atoms with Crippen LogP contribution in [0.25, 0.3) is 0 Å². The Labute approximate surface area is 136 Å². The van der Waals surface area contributed by atoms with Gasteiger partial charge in [-0.3, -0.25) is 4.90 Å². The second-order valence-electron chi connectivity index (χ2n) is 6.16. The number of nitrogens with zero attached hydrogens (tertiary/aromatic N) is 1. The van der Waals surface area contributed by atoms with E-state index in [0.29, 0.717) is 12.0 Å². The minimum Gasteiger partial charge on any atom is -0.329 e. The number of likely N-dealkylation sites (tertiary alicyclic amines) is 1. The minimum atomic E-state index is -0.164. The van der Waals surface area contributed by atoms with Crippen LogP contribution in [-0.2, 0) is 0 Å². The van der Waals surface area contributed by atoms with Crippen LogP contribution in [0.2, 0.25) is 0 Å². The van der Waals surface area contributed by atoms with Gasteiger partial charge in [0.25, 0.3) is 0 Å². The number of halogens is 2. The van der Waals surface area contributed by atoms with Gasteiger partial charge >= 0.3 is 0 Å². The molecule has 0 aliphatic carbocycles. The molecule has 21 heavy (non-hydrogen) atoms. The minimum absolute atomic E-state index is 0.00943. The zero-order valence-corrected chi connectivity index (χ0v) is 14.6. The Bertz CT molecular complexity index is 464. The fourth-order valence-electron chi connectivity index (χ4n) is 3.51. The zero-order chi connectivity index (χ0) is 15.5. The van der Waals surface area contributed by atoms with Crippen molar-refractivity contribution in [3.63, 3.8) is 0 Å². The molecule has 1 fully saturated rings. The predicted octanol–water partition coefficient (Wildman–Crippen LogP) is 4.49. The van der Waals surface area contributed by atoms with Crippen molar-refractivity contribution in [3.05, 3.63) is 34.1 Å². The van der Waals surface area contributed by atoms with Gasteiger partial charge in [0.15, 0.2) is 0 Å². The summed E-state index contributed by atoms with van der Waals surface area (Å²) >= 11 is 3.31. The number of rotatable bonds is 5. The predicted molar refractivity (Wildman–Crippen MR) is 89.7 cm³/mol. The van der Waals surface area contributed by atoms with Gasteiger partial charge in [0.05, 0.1) is 0 Å². The third-order valence-electron chi connectivity index (χ3n) is 5.34. The Kier molecular flexibility index (Phi) is 5.81. The van der Waals surface area contributed by atoms with E-state index in [-0.39, 0.29) is 11.9 Å². The van der Waals surface area contributed by atoms with E-state index >= 15 is 0 Å². The number of piperidine rings is 1. The van der Waals surface area contributed by atoms with Gasteiger partial charge in [0.1, 0.15) is 5.82 Å². The van der Waals surface area contributed by atoms with Crippen LogP contribution in [0, 0.1) is 11.2 Å². The maximum atomic E-state index is 14.2. The van der Waals surface area contributed by atoms with E-state index < -0.39 is 0 Å². The van der Waals surface area contributed by atoms with E-state index in [2.05, 4.69) is 34.7 Å². The monoisotopic (exact) mass is 356 g/mol. The van der Waals surface area contributed by atoms with Crippen molar-refractivity contribution in [1.82, 2.24) is 4.90 Å². The van der Waals surface area contributed by atoms with Crippen molar-refractivity contribution in [2.24, 2.45) is 11.1 Å². The first-order valence-electron chi connectivity index (χ1n) is 7.94. The van der Waals surface area contributed by atoms with E-state index in [1.807, 2.05) is 12.1 Å². The standard InChI is InChI=1S/C17H26BrFN2/c1-3-17(4-2)7-9-21(10-8-17)16(12-20)14-6-5-13(18)11-15(14)19/h5-6,11,16H,3-4,7-10,12,20H2,1-2H3. The number of nitrogens with two attached hydrogens (primary N) is 1. The largest absolute Gasteiger partial charge is 0.329 e. The molecular formula is C17H26BrFN2. The van der Waals surface area contributed by atoms with E-state index in [4.69, 9.17) is 5.73 Å². The summed E-state index contributed by atoms with van der Waals surface area (Å²) in [7, 11) is 0. The number of hydrogen-bond acceptors (Lipinski definition) is 2. The molecule has 0 saturated carbocycles. The maximum Gasteiger partial charge on any atom is 0.129 e. The number of hydrogen-bond donors (Lipinski definition) is 1. The maximum absolute atomic E-state index is 14.2. The molecule has 1 heterocycles. The molecule has 0 aromatic heterocycles. The lowest BCUT2D eigenvalue weighted by Crippen LogP contribution is -2.43. The molecule has 0 amide bonds. The SMILES string of the molecule is CCC1(CC)CCN(C(CN)c2ccc(Br)cc2F)CC1. The first kappa shape index (κ1) is 16.9. The second kappa shape index (κ2) is 7.21. The second-order valence-corrected chi connectivity index (χ2v) is 7.08. The van der Waals surface area contributed by atoms with Crippen molar-refractivity contribution in [3.8, 4) is 0 Å². The highest BCUT2D eigenvalue weighted by molar-refractivity contribution is 9.10. The Morgan fingerprint density at radius 3 is 2.38 bits per heavy atom. The van der Waals surface area contributed by atoms with Gasteiger partial charge in [-0.2, -0.15) is 0 Å². The van der Waals surface area contributed by atoms with Gasteiger partial charge in [-0.05, 0) is 43.5 Å². The third kappa shape index (κ3) is 3.66. The summed E-state index contributed by atoms with van der Waals surface area (Å²) in [5, 5.41) is 0. The molecule has 0 radical (unpaired) electrons. The summed E-state index contributed by atoms with van der Waals surface area (Å²) in [5.41, 5.74) is 7.16. The normalized spacial score (nSPS) is 20.4. The summed E-state index contributed by atoms with van der Waals surface area (Å²) in [5.74, 6) is -0.164. The highest BCUT2D eigenvalue weighted by Gasteiger charge is 2.34. The van der Waals surface area contributed by atoms with Crippen molar-refractivity contribution in [2.45, 2.75) is 45.6 Å². The van der Waals surface area contributed by atoms with Crippen molar-refractivity contribution < 1.29 is 4.39 Å². The van der Waals surface area contributed by atoms with Gasteiger partial charge in [-0.25, -0.2) is 4.39 Å². The molecule has 0 bridgehead atoms. The van der Waals surface area contributed by atoms with E-state index in [1.165, 1.54) is 31.7 Å². The van der Waals surface area contributed by atoms with E-state index in [9.17, 15) is 4.39 Å². The molecule has 1 unspecified atom stereocenters. The lowest BCUT2D eigenvalue weighted by Gasteiger charge is -2.44. The van der Waals surface area contributed by atoms with Gasteiger partial charge in [-0.1, -0.05) is 48.7 Å². The van der Waals surface area contributed by atoms with Gasteiger partial charge in [0, 0.05) is 22.6 Å². The average molecular weight is 357 g/mol. The molecule has 0 spiro atoms. The molecule has 2 N–H and O–H groups in total. The van der Waals surface area contributed by atoms with Crippen LogP contribution in [0.3, 0.4) is 0 Å². The van der Waals surface area contributed by atoms with E-state index in [1.54, 1.807) is 0 Å². The highest BCUT2D eigenvalue weighted by atomic mass is 79.9. The molecular weight excluding hydrogens is 331 g/mol. The fourth-order valence-corrected chi connectivity index (χ4v) is 3.84. The van der Waals surface area contributed by atoms with Crippen LogP contribution in [0.1, 0.15) is 51.1 Å². The Hall–Kier alpha value is -0.450. The first-order valence-corrected chi connectivity index (χ1v) is 8.73. The Morgan fingerprint density at radius 2 is 1.90 bits per heavy atom. The highest BCUT2D eigenvalue weighted by Crippen LogP contribution is 2.40. The topological polar surface area (TPSA) is 29.3 Å². The van der Waals surface area contributed by atoms with Gasteiger partial charge < -0.3 is 5.73 Å². The Morgan fingerprint density at radius 1 is 1.29 bits per heavy atom. The molecule has 2 rings (SSSR count). The summed E-state index contributed by atoms with van der Waals surface area (Å²) in [4.78, 5) is 2.36. The summed E-state index contributed by atoms with van der Waals surface area (Å²) in [6.45, 7) is 7.06. The van der Waals surface area contributed by atoms with Crippen LogP contribution in [0.4, 0.5) is 4.39 Å². The van der Waals surface area contributed by atoms with Crippen LogP contribution in [-0.4, -0.2) is 24.5 Å². The van der Waals surface area contributed by atoms with Crippen molar-refractivity contribution in [2.75, 3.05) is 19.6 Å². The van der Waals surface area contributed by atoms with Crippen LogP contribution < -0.4 is 5.73 Å². The molecule has 1 atom stereocenters. The zero-order valence-electron chi connectivity index (χ0n) is 13.0. The van der Waals surface area contributed by atoms with Gasteiger partial charge in [-0.15, -0.1) is 0 Å². The van der Waals surface area contributed by atoms with Gasteiger partial charge in [0.2, 0.25) is 0 Å². The summed E-state index contributed by atoms with van der Waals surface area (Å²) < 4.78 is 15.0. The smallest absolute Gasteiger partial charge is 0.129 e. The molecule has 4 heteroatoms. The Balaban J connectivity index is 2.13. The summed E-state index contributed by atoms with van der Waals surface area (Å²) in [6, 6.07) is 5.28. The molecule has 118 valence electrons. The van der Waals surface area contributed by atoms with Crippen molar-refractivity contribution in [1.29, 1.82) is 0 Å². The molecule has 2 nitrogen and oxygen atoms in total. The quantitative estimate of drug-likeness (QED) is 0.841. The van der Waals surface area contributed by atoms with Crippen LogP contribution >= 0.6 is 15.9 Å². The molecule has 1 aliphatic heterocycles. The fraction of sp³-hybridized carbons (Fsp3) is 0.647. The lowest BCUT2D eigenvalue weighted by atomic mass is 9.74. The van der Waals surface area contributed by atoms with Crippen LogP contribution in [0.5, 0.6) is 0 Å². The van der Waals surface area contributed by atoms with E-state index in [0.717, 1.165) is 23.1 Å². The first-order chi connectivity index (χ1) is 10.0. The molecule has 1 aliphatic rings. The van der Waals surface area contributed by atoms with Crippen molar-refractivity contribution >= 4 is 15.9 Å². The third-order valence-corrected chi connectivity index (χ3v) is 5.84. The molecule has 1 aromatic carbocycles. The summed E-state index contributed by atoms with van der Waals surface area (Å²) in [6.07, 6.45) is 4.85.